The Labute approximate surface area is 96.0 Å². The van der Waals surface area contributed by atoms with Gasteiger partial charge in [-0.1, -0.05) is 11.6 Å². The van der Waals surface area contributed by atoms with Crippen LogP contribution in [-0.2, 0) is 11.2 Å². The minimum absolute atomic E-state index is 0.376. The van der Waals surface area contributed by atoms with Crippen molar-refractivity contribution in [1.82, 2.24) is 0 Å². The fourth-order valence-electron chi connectivity index (χ4n) is 1.59. The Morgan fingerprint density at radius 3 is 2.86 bits per heavy atom. The molecule has 0 spiro atoms. The molecule has 0 N–H and O–H groups in total. The van der Waals surface area contributed by atoms with Crippen LogP contribution in [0.4, 0.5) is 0 Å². The van der Waals surface area contributed by atoms with Crippen molar-refractivity contribution in [3.8, 4) is 0 Å². The van der Waals surface area contributed by atoms with Crippen molar-refractivity contribution < 1.29 is 4.79 Å². The van der Waals surface area contributed by atoms with E-state index in [1.54, 1.807) is 11.3 Å². The van der Waals surface area contributed by atoms with Gasteiger partial charge in [-0.05, 0) is 28.4 Å². The second-order valence-corrected chi connectivity index (χ2v) is 5.42. The average molecular weight is 271 g/mol. The predicted octanol–water partition coefficient (Wildman–Crippen LogP) is 3.73. The Hall–Kier alpha value is -0.410. The molecular weight excluding hydrogens is 260 g/mol. The van der Waals surface area contributed by atoms with Gasteiger partial charge in [0, 0.05) is 34.0 Å². The number of carbonyl (C=O) groups is 1. The van der Waals surface area contributed by atoms with Crippen molar-refractivity contribution in [1.29, 1.82) is 0 Å². The van der Waals surface area contributed by atoms with Crippen LogP contribution in [0.5, 0.6) is 0 Å². The largest absolute Gasteiger partial charge is 0.299 e. The highest BCUT2D eigenvalue weighted by atomic mass is 79.9. The zero-order chi connectivity index (χ0) is 9.97. The van der Waals surface area contributed by atoms with Gasteiger partial charge in [-0.2, -0.15) is 0 Å². The van der Waals surface area contributed by atoms with Crippen molar-refractivity contribution >= 4 is 33.0 Å². The van der Waals surface area contributed by atoms with E-state index >= 15 is 0 Å². The molecule has 1 heterocycles. The summed E-state index contributed by atoms with van der Waals surface area (Å²) in [5, 5.41) is 2.10. The van der Waals surface area contributed by atoms with Crippen LogP contribution in [0, 0.1) is 0 Å². The summed E-state index contributed by atoms with van der Waals surface area (Å²) in [6.45, 7) is 0. The molecule has 0 aromatic carbocycles. The van der Waals surface area contributed by atoms with Crippen LogP contribution in [-0.4, -0.2) is 5.78 Å². The molecule has 1 nitrogen and oxygen atoms in total. The lowest BCUT2D eigenvalue weighted by atomic mass is 9.96. The molecule has 0 saturated heterocycles. The van der Waals surface area contributed by atoms with E-state index in [2.05, 4.69) is 33.5 Å². The molecule has 1 aliphatic rings. The SMILES string of the molecule is O=C1CC=C(Cc2cc(Br)cs2)CC1. The lowest BCUT2D eigenvalue weighted by Gasteiger charge is -2.10. The van der Waals surface area contributed by atoms with Crippen molar-refractivity contribution in [2.75, 3.05) is 0 Å². The summed E-state index contributed by atoms with van der Waals surface area (Å²) in [6.07, 6.45) is 5.44. The van der Waals surface area contributed by atoms with Crippen LogP contribution in [0.1, 0.15) is 24.1 Å². The molecule has 0 amide bonds. The summed E-state index contributed by atoms with van der Waals surface area (Å²) in [4.78, 5) is 12.4. The molecule has 0 unspecified atom stereocenters. The zero-order valence-corrected chi connectivity index (χ0v) is 10.2. The van der Waals surface area contributed by atoms with E-state index < -0.39 is 0 Å². The van der Waals surface area contributed by atoms with Crippen molar-refractivity contribution in [2.24, 2.45) is 0 Å². The van der Waals surface area contributed by atoms with E-state index in [9.17, 15) is 4.79 Å². The van der Waals surface area contributed by atoms with Gasteiger partial charge in [-0.15, -0.1) is 11.3 Å². The third-order valence-electron chi connectivity index (χ3n) is 2.37. The number of ketones is 1. The quantitative estimate of drug-likeness (QED) is 0.749. The lowest BCUT2D eigenvalue weighted by Crippen LogP contribution is -2.04. The second-order valence-electron chi connectivity index (χ2n) is 3.51. The normalized spacial score (nSPS) is 16.9. The van der Waals surface area contributed by atoms with E-state index in [0.29, 0.717) is 12.2 Å². The Bertz CT molecular complexity index is 378. The molecule has 3 heteroatoms. The summed E-state index contributed by atoms with van der Waals surface area (Å²) < 4.78 is 1.16. The summed E-state index contributed by atoms with van der Waals surface area (Å²) >= 11 is 5.21. The number of allylic oxidation sites excluding steroid dienone is 2. The maximum absolute atomic E-state index is 11.0. The molecule has 0 radical (unpaired) electrons. The van der Waals surface area contributed by atoms with Crippen molar-refractivity contribution in [2.45, 2.75) is 25.7 Å². The molecule has 0 aliphatic heterocycles. The summed E-state index contributed by atoms with van der Waals surface area (Å²) in [6, 6.07) is 2.15. The van der Waals surface area contributed by atoms with Gasteiger partial charge in [0.15, 0.2) is 0 Å². The van der Waals surface area contributed by atoms with Gasteiger partial charge in [-0.3, -0.25) is 4.79 Å². The molecule has 0 bridgehead atoms. The highest BCUT2D eigenvalue weighted by Gasteiger charge is 2.11. The molecule has 0 atom stereocenters. The van der Waals surface area contributed by atoms with Gasteiger partial charge in [-0.25, -0.2) is 0 Å². The Morgan fingerprint density at radius 2 is 2.29 bits per heavy atom. The van der Waals surface area contributed by atoms with Gasteiger partial charge in [0.2, 0.25) is 0 Å². The highest BCUT2D eigenvalue weighted by Crippen LogP contribution is 2.25. The van der Waals surface area contributed by atoms with E-state index in [-0.39, 0.29) is 0 Å². The number of hydrogen-bond acceptors (Lipinski definition) is 2. The number of rotatable bonds is 2. The number of carbonyl (C=O) groups excluding carboxylic acids is 1. The highest BCUT2D eigenvalue weighted by molar-refractivity contribution is 9.10. The van der Waals surface area contributed by atoms with Crippen LogP contribution < -0.4 is 0 Å². The van der Waals surface area contributed by atoms with E-state index in [1.807, 2.05) is 0 Å². The molecule has 14 heavy (non-hydrogen) atoms. The fraction of sp³-hybridized carbons (Fsp3) is 0.364. The van der Waals surface area contributed by atoms with Gasteiger partial charge in [0.1, 0.15) is 5.78 Å². The third-order valence-corrected chi connectivity index (χ3v) is 4.06. The predicted molar refractivity (Wildman–Crippen MR) is 62.7 cm³/mol. The Kier molecular flexibility index (Phi) is 3.19. The van der Waals surface area contributed by atoms with Crippen LogP contribution >= 0.6 is 27.3 Å². The van der Waals surface area contributed by atoms with Gasteiger partial charge >= 0.3 is 0 Å². The molecule has 0 fully saturated rings. The first-order chi connectivity index (χ1) is 6.74. The Balaban J connectivity index is 2.01. The summed E-state index contributed by atoms with van der Waals surface area (Å²) in [5.74, 6) is 0.376. The smallest absolute Gasteiger partial charge is 0.136 e. The Morgan fingerprint density at radius 1 is 1.43 bits per heavy atom. The van der Waals surface area contributed by atoms with Gasteiger partial charge in [0.25, 0.3) is 0 Å². The molecule has 2 rings (SSSR count). The van der Waals surface area contributed by atoms with Crippen molar-refractivity contribution in [3.63, 3.8) is 0 Å². The summed E-state index contributed by atoms with van der Waals surface area (Å²) in [7, 11) is 0. The van der Waals surface area contributed by atoms with E-state index in [4.69, 9.17) is 0 Å². The maximum Gasteiger partial charge on any atom is 0.136 e. The molecule has 1 aliphatic carbocycles. The minimum atomic E-state index is 0.376. The van der Waals surface area contributed by atoms with E-state index in [0.717, 1.165) is 23.7 Å². The minimum Gasteiger partial charge on any atom is -0.299 e. The molecule has 1 aromatic rings. The van der Waals surface area contributed by atoms with Crippen LogP contribution in [0.2, 0.25) is 0 Å². The number of hydrogen-bond donors (Lipinski definition) is 0. The first kappa shape index (κ1) is 10.1. The third kappa shape index (κ3) is 2.55. The van der Waals surface area contributed by atoms with E-state index in [1.165, 1.54) is 10.5 Å². The number of Topliss-reactive ketones (excluding diaryl/α,β-unsaturated/α-hetero) is 1. The monoisotopic (exact) mass is 270 g/mol. The number of halogens is 1. The molecule has 74 valence electrons. The topological polar surface area (TPSA) is 17.1 Å². The number of thiophene rings is 1. The van der Waals surface area contributed by atoms with Crippen LogP contribution in [0.15, 0.2) is 27.6 Å². The summed E-state index contributed by atoms with van der Waals surface area (Å²) in [5.41, 5.74) is 1.42. The average Bonchev–Trinajstić information content (AvgIpc) is 2.56. The standard InChI is InChI=1S/C11H11BrOS/c12-9-6-11(14-7-9)5-8-1-3-10(13)4-2-8/h1,6-7H,2-5H2. The fourth-order valence-corrected chi connectivity index (χ4v) is 3.10. The molecule has 0 saturated carbocycles. The van der Waals surface area contributed by atoms with Crippen molar-refractivity contribution in [3.05, 3.63) is 32.4 Å². The first-order valence-corrected chi connectivity index (χ1v) is 6.34. The lowest BCUT2D eigenvalue weighted by molar-refractivity contribution is -0.118. The maximum atomic E-state index is 11.0. The molecular formula is C11H11BrOS. The molecule has 1 aromatic heterocycles. The van der Waals surface area contributed by atoms with Crippen LogP contribution in [0.25, 0.3) is 0 Å². The second kappa shape index (κ2) is 4.41. The zero-order valence-electron chi connectivity index (χ0n) is 7.75. The van der Waals surface area contributed by atoms with Crippen LogP contribution in [0.3, 0.4) is 0 Å². The van der Waals surface area contributed by atoms with Gasteiger partial charge < -0.3 is 0 Å². The first-order valence-electron chi connectivity index (χ1n) is 4.66. The van der Waals surface area contributed by atoms with Gasteiger partial charge in [0.05, 0.1) is 0 Å².